The van der Waals surface area contributed by atoms with Crippen LogP contribution >= 0.6 is 0 Å². The highest BCUT2D eigenvalue weighted by Crippen LogP contribution is 2.34. The number of aryl methyl sites for hydroxylation is 2. The minimum Gasteiger partial charge on any atom is -0.480 e. The van der Waals surface area contributed by atoms with Crippen molar-refractivity contribution in [2.45, 2.75) is 43.5 Å². The number of aliphatic carboxylic acids is 1. The fourth-order valence-electron chi connectivity index (χ4n) is 2.06. The average Bonchev–Trinajstić information content (AvgIpc) is 2.52. The predicted octanol–water partition coefficient (Wildman–Crippen LogP) is 0.577. The molecule has 0 amide bonds. The van der Waals surface area contributed by atoms with Gasteiger partial charge in [0, 0.05) is 0 Å². The van der Waals surface area contributed by atoms with Gasteiger partial charge in [-0.05, 0) is 33.1 Å². The van der Waals surface area contributed by atoms with Crippen molar-refractivity contribution in [3.05, 3.63) is 11.5 Å². The van der Waals surface area contributed by atoms with Crippen LogP contribution in [0, 0.1) is 13.8 Å². The summed E-state index contributed by atoms with van der Waals surface area (Å²) in [6.07, 6.45) is 1.28. The van der Waals surface area contributed by atoms with Crippen LogP contribution in [-0.4, -0.2) is 30.2 Å². The molecule has 8 heteroatoms. The topological polar surface area (TPSA) is 110 Å². The Kier molecular flexibility index (Phi) is 2.94. The monoisotopic (exact) mass is 274 g/mol. The first-order valence-electron chi connectivity index (χ1n) is 5.49. The van der Waals surface area contributed by atoms with Gasteiger partial charge in [-0.3, -0.25) is 4.79 Å². The Morgan fingerprint density at radius 3 is 2.39 bits per heavy atom. The molecule has 100 valence electrons. The molecule has 0 aromatic carbocycles. The highest BCUT2D eigenvalue weighted by atomic mass is 32.2. The number of carboxylic acids is 1. The smallest absolute Gasteiger partial charge is 0.324 e. The summed E-state index contributed by atoms with van der Waals surface area (Å²) in [4.78, 5) is 11.1. The van der Waals surface area contributed by atoms with Crippen LogP contribution in [0.2, 0.25) is 0 Å². The summed E-state index contributed by atoms with van der Waals surface area (Å²) in [5, 5.41) is 12.7. The molecule has 7 nitrogen and oxygen atoms in total. The summed E-state index contributed by atoms with van der Waals surface area (Å²) < 4.78 is 31.4. The van der Waals surface area contributed by atoms with Gasteiger partial charge in [-0.2, -0.15) is 4.72 Å². The van der Waals surface area contributed by atoms with E-state index in [2.05, 4.69) is 9.88 Å². The van der Waals surface area contributed by atoms with Crippen molar-refractivity contribution in [1.29, 1.82) is 0 Å². The van der Waals surface area contributed by atoms with E-state index in [-0.39, 0.29) is 16.3 Å². The van der Waals surface area contributed by atoms with Gasteiger partial charge < -0.3 is 9.63 Å². The third kappa shape index (κ3) is 1.91. The van der Waals surface area contributed by atoms with Crippen LogP contribution in [0.5, 0.6) is 0 Å². The van der Waals surface area contributed by atoms with Crippen molar-refractivity contribution < 1.29 is 22.8 Å². The molecule has 0 saturated heterocycles. The van der Waals surface area contributed by atoms with Gasteiger partial charge in [0.05, 0.1) is 0 Å². The largest absolute Gasteiger partial charge is 0.480 e. The maximum Gasteiger partial charge on any atom is 0.324 e. The number of nitrogens with zero attached hydrogens (tertiary/aromatic N) is 1. The maximum absolute atomic E-state index is 12.2. The molecule has 0 aliphatic heterocycles. The molecule has 1 saturated carbocycles. The molecule has 1 aromatic heterocycles. The van der Waals surface area contributed by atoms with Gasteiger partial charge in [-0.15, -0.1) is 0 Å². The predicted molar refractivity (Wildman–Crippen MR) is 60.5 cm³/mol. The summed E-state index contributed by atoms with van der Waals surface area (Å²) >= 11 is 0. The summed E-state index contributed by atoms with van der Waals surface area (Å²) in [6, 6.07) is 0. The van der Waals surface area contributed by atoms with E-state index in [0.29, 0.717) is 19.3 Å². The molecule has 1 heterocycles. The first kappa shape index (κ1) is 13.0. The third-order valence-electron chi connectivity index (χ3n) is 3.18. The highest BCUT2D eigenvalue weighted by Gasteiger charge is 2.48. The summed E-state index contributed by atoms with van der Waals surface area (Å²) in [6.45, 7) is 2.97. The number of sulfonamides is 1. The van der Waals surface area contributed by atoms with Gasteiger partial charge in [-0.25, -0.2) is 8.42 Å². The first-order valence-corrected chi connectivity index (χ1v) is 6.97. The van der Waals surface area contributed by atoms with Crippen LogP contribution in [0.3, 0.4) is 0 Å². The van der Waals surface area contributed by atoms with E-state index in [4.69, 9.17) is 9.63 Å². The highest BCUT2D eigenvalue weighted by molar-refractivity contribution is 7.89. The molecule has 1 aliphatic carbocycles. The zero-order valence-corrected chi connectivity index (χ0v) is 10.9. The minimum absolute atomic E-state index is 0.0741. The summed E-state index contributed by atoms with van der Waals surface area (Å²) in [5.74, 6) is -0.996. The van der Waals surface area contributed by atoms with E-state index >= 15 is 0 Å². The van der Waals surface area contributed by atoms with Gasteiger partial charge >= 0.3 is 5.97 Å². The lowest BCUT2D eigenvalue weighted by Gasteiger charge is -2.37. The van der Waals surface area contributed by atoms with Crippen LogP contribution in [0.25, 0.3) is 0 Å². The molecule has 0 atom stereocenters. The summed E-state index contributed by atoms with van der Waals surface area (Å²) in [7, 11) is -3.93. The van der Waals surface area contributed by atoms with Crippen LogP contribution in [0.1, 0.15) is 30.7 Å². The minimum atomic E-state index is -3.93. The molecule has 1 aromatic rings. The van der Waals surface area contributed by atoms with E-state index in [0.717, 1.165) is 0 Å². The fraction of sp³-hybridized carbons (Fsp3) is 0.600. The molecular formula is C10H14N2O5S. The zero-order valence-electron chi connectivity index (χ0n) is 10.1. The Hall–Kier alpha value is -1.41. The molecular weight excluding hydrogens is 260 g/mol. The quantitative estimate of drug-likeness (QED) is 0.831. The lowest BCUT2D eigenvalue weighted by Crippen LogP contribution is -2.59. The van der Waals surface area contributed by atoms with Crippen molar-refractivity contribution in [3.8, 4) is 0 Å². The first-order chi connectivity index (χ1) is 8.28. The number of hydrogen-bond acceptors (Lipinski definition) is 5. The van der Waals surface area contributed by atoms with E-state index in [1.54, 1.807) is 0 Å². The van der Waals surface area contributed by atoms with Crippen molar-refractivity contribution >= 4 is 16.0 Å². The number of rotatable bonds is 4. The molecule has 0 radical (unpaired) electrons. The van der Waals surface area contributed by atoms with Crippen molar-refractivity contribution in [2.75, 3.05) is 0 Å². The Balaban J connectivity index is 2.36. The van der Waals surface area contributed by atoms with E-state index in [9.17, 15) is 13.2 Å². The Morgan fingerprint density at radius 1 is 1.44 bits per heavy atom. The third-order valence-corrected chi connectivity index (χ3v) is 4.96. The van der Waals surface area contributed by atoms with E-state index < -0.39 is 21.5 Å². The van der Waals surface area contributed by atoms with Gasteiger partial charge in [0.15, 0.2) is 5.76 Å². The van der Waals surface area contributed by atoms with Gasteiger partial charge in [0.2, 0.25) is 10.0 Å². The summed E-state index contributed by atoms with van der Waals surface area (Å²) in [5.41, 5.74) is -1.16. The number of carboxylic acid groups (broad SMARTS) is 1. The molecule has 0 unspecified atom stereocenters. The van der Waals surface area contributed by atoms with Gasteiger partial charge in [0.1, 0.15) is 16.1 Å². The second-order valence-corrected chi connectivity index (χ2v) is 6.12. The molecule has 1 aliphatic rings. The molecule has 1 fully saturated rings. The Bertz CT molecular complexity index is 566. The lowest BCUT2D eigenvalue weighted by molar-refractivity contribution is -0.147. The Morgan fingerprint density at radius 2 is 2.06 bits per heavy atom. The second-order valence-electron chi connectivity index (χ2n) is 4.50. The lowest BCUT2D eigenvalue weighted by atomic mass is 9.78. The maximum atomic E-state index is 12.2. The Labute approximate surface area is 104 Å². The normalized spacial score (nSPS) is 18.3. The van der Waals surface area contributed by atoms with Crippen LogP contribution in [0.15, 0.2) is 9.42 Å². The molecule has 0 spiro atoms. The number of hydrogen-bond donors (Lipinski definition) is 2. The second kappa shape index (κ2) is 4.06. The standard InChI is InChI=1S/C10H14N2O5S/c1-6-8(7(2)17-11-6)18(15,16)12-10(9(13)14)4-3-5-10/h12H,3-5H2,1-2H3,(H,13,14). The van der Waals surface area contributed by atoms with Crippen LogP contribution < -0.4 is 4.72 Å². The van der Waals surface area contributed by atoms with Gasteiger partial charge in [-0.1, -0.05) is 5.16 Å². The number of aromatic nitrogens is 1. The van der Waals surface area contributed by atoms with E-state index in [1.165, 1.54) is 13.8 Å². The average molecular weight is 274 g/mol. The van der Waals surface area contributed by atoms with Crippen LogP contribution in [-0.2, 0) is 14.8 Å². The van der Waals surface area contributed by atoms with Gasteiger partial charge in [0.25, 0.3) is 0 Å². The SMILES string of the molecule is Cc1noc(C)c1S(=O)(=O)NC1(C(=O)O)CCC1. The molecule has 18 heavy (non-hydrogen) atoms. The fourth-order valence-corrected chi connectivity index (χ4v) is 3.81. The van der Waals surface area contributed by atoms with Crippen LogP contribution in [0.4, 0.5) is 0 Å². The molecule has 0 bridgehead atoms. The molecule has 2 N–H and O–H groups in total. The van der Waals surface area contributed by atoms with Crippen molar-refractivity contribution in [3.63, 3.8) is 0 Å². The van der Waals surface area contributed by atoms with E-state index in [1.807, 2.05) is 0 Å². The van der Waals surface area contributed by atoms with Crippen molar-refractivity contribution in [1.82, 2.24) is 9.88 Å². The van der Waals surface area contributed by atoms with Crippen molar-refractivity contribution in [2.24, 2.45) is 0 Å². The number of nitrogens with one attached hydrogen (secondary N) is 1. The number of carbonyl (C=O) groups is 1. The zero-order chi connectivity index (χ0) is 13.6. The molecule has 2 rings (SSSR count).